The number of nitrogens with zero attached hydrogens (tertiary/aromatic N) is 2. The van der Waals surface area contributed by atoms with E-state index in [1.165, 1.54) is 16.2 Å². The van der Waals surface area contributed by atoms with Crippen molar-refractivity contribution in [3.8, 4) is 0 Å². The van der Waals surface area contributed by atoms with Crippen LogP contribution in [0.3, 0.4) is 0 Å². The maximum Gasteiger partial charge on any atom is 0.296 e. The Labute approximate surface area is 172 Å². The van der Waals surface area contributed by atoms with Crippen LogP contribution < -0.4 is 4.90 Å². The van der Waals surface area contributed by atoms with Crippen LogP contribution in [0.4, 0.5) is 13.9 Å². The second kappa shape index (κ2) is 7.31. The molecule has 0 bridgehead atoms. The lowest BCUT2D eigenvalue weighted by Crippen LogP contribution is -2.30. The molecular weight excluding hydrogens is 418 g/mol. The number of aromatic nitrogens is 1. The molecule has 0 saturated carbocycles. The van der Waals surface area contributed by atoms with Gasteiger partial charge in [-0.3, -0.25) is 14.5 Å². The van der Waals surface area contributed by atoms with Gasteiger partial charge in [0, 0.05) is 17.4 Å². The van der Waals surface area contributed by atoms with Gasteiger partial charge < -0.3 is 5.11 Å². The molecule has 1 aliphatic rings. The van der Waals surface area contributed by atoms with Crippen molar-refractivity contribution >= 4 is 49.7 Å². The lowest BCUT2D eigenvalue weighted by atomic mass is 9.96. The molecule has 9 heteroatoms. The first-order valence-electron chi connectivity index (χ1n) is 8.86. The Morgan fingerprint density at radius 2 is 2.03 bits per heavy atom. The minimum atomic E-state index is -1.04. The summed E-state index contributed by atoms with van der Waals surface area (Å²) in [7, 11) is 0. The van der Waals surface area contributed by atoms with Gasteiger partial charge in [0.05, 0.1) is 15.8 Å². The van der Waals surface area contributed by atoms with Gasteiger partial charge in [0.15, 0.2) is 28.3 Å². The Balaban J connectivity index is 1.85. The number of thiophene rings is 1. The van der Waals surface area contributed by atoms with Crippen molar-refractivity contribution in [2.75, 3.05) is 4.90 Å². The molecule has 0 fully saturated rings. The van der Waals surface area contributed by atoms with Crippen LogP contribution in [0.2, 0.25) is 0 Å². The maximum atomic E-state index is 13.6. The van der Waals surface area contributed by atoms with Gasteiger partial charge in [-0.25, -0.2) is 13.8 Å². The Morgan fingerprint density at radius 1 is 1.31 bits per heavy atom. The Morgan fingerprint density at radius 3 is 2.69 bits per heavy atom. The topological polar surface area (TPSA) is 70.5 Å². The number of benzene rings is 1. The van der Waals surface area contributed by atoms with Crippen molar-refractivity contribution in [2.24, 2.45) is 5.92 Å². The van der Waals surface area contributed by atoms with E-state index >= 15 is 0 Å². The predicted molar refractivity (Wildman–Crippen MR) is 108 cm³/mol. The third-order valence-electron chi connectivity index (χ3n) is 4.54. The zero-order valence-corrected chi connectivity index (χ0v) is 17.1. The van der Waals surface area contributed by atoms with E-state index in [2.05, 4.69) is 4.98 Å². The molecule has 1 atom stereocenters. The molecule has 3 heterocycles. The lowest BCUT2D eigenvalue weighted by Gasteiger charge is -2.23. The van der Waals surface area contributed by atoms with Crippen molar-refractivity contribution in [1.82, 2.24) is 4.98 Å². The molecule has 150 valence electrons. The number of rotatable bonds is 5. The molecule has 3 aromatic rings. The van der Waals surface area contributed by atoms with Gasteiger partial charge >= 0.3 is 0 Å². The fourth-order valence-electron chi connectivity index (χ4n) is 3.30. The van der Waals surface area contributed by atoms with E-state index in [1.807, 2.05) is 13.8 Å². The van der Waals surface area contributed by atoms with Gasteiger partial charge in [-0.15, -0.1) is 11.3 Å². The van der Waals surface area contributed by atoms with E-state index in [1.54, 1.807) is 17.5 Å². The van der Waals surface area contributed by atoms with Gasteiger partial charge in [0.2, 0.25) is 0 Å². The average molecular weight is 434 g/mol. The molecule has 2 aromatic heterocycles. The molecule has 0 spiro atoms. The van der Waals surface area contributed by atoms with E-state index in [-0.39, 0.29) is 34.3 Å². The first-order chi connectivity index (χ1) is 13.8. The number of fused-ring (bicyclic) bond motifs is 1. The Bertz CT molecular complexity index is 1110. The van der Waals surface area contributed by atoms with Crippen LogP contribution in [0.5, 0.6) is 0 Å². The smallest absolute Gasteiger partial charge is 0.296 e. The summed E-state index contributed by atoms with van der Waals surface area (Å²) < 4.78 is 27.5. The molecule has 4 rings (SSSR count). The standard InChI is InChI=1S/C20H16F2N2O3S2/c1-9(2)6-13(25)16-17(14-4-3-5-28-14)24(19(27)18(16)26)20-23-12-7-10(21)11(22)8-15(12)29-20/h3-5,7-9,17,26H,6H2,1-2H3. The van der Waals surface area contributed by atoms with Crippen LogP contribution >= 0.6 is 22.7 Å². The fraction of sp³-hybridized carbons (Fsp3) is 0.250. The quantitative estimate of drug-likeness (QED) is 0.603. The molecule has 1 N–H and O–H groups in total. The number of aliphatic hydroxyl groups is 1. The van der Waals surface area contributed by atoms with Gasteiger partial charge in [0.25, 0.3) is 5.91 Å². The number of carbonyl (C=O) groups is 2. The fourth-order valence-corrected chi connectivity index (χ4v) is 5.12. The van der Waals surface area contributed by atoms with Crippen LogP contribution in [0.1, 0.15) is 31.2 Å². The molecule has 0 aliphatic carbocycles. The second-order valence-electron chi connectivity index (χ2n) is 7.11. The molecule has 1 amide bonds. The Hall–Kier alpha value is -2.65. The van der Waals surface area contributed by atoms with Gasteiger partial charge in [-0.2, -0.15) is 0 Å². The first kappa shape index (κ1) is 19.7. The predicted octanol–water partition coefficient (Wildman–Crippen LogP) is 5.15. The largest absolute Gasteiger partial charge is 0.503 e. The summed E-state index contributed by atoms with van der Waals surface area (Å²) in [6.07, 6.45) is 0.179. The van der Waals surface area contributed by atoms with Crippen molar-refractivity contribution < 1.29 is 23.5 Å². The molecule has 29 heavy (non-hydrogen) atoms. The molecule has 0 radical (unpaired) electrons. The number of carbonyl (C=O) groups excluding carboxylic acids is 2. The number of amides is 1. The van der Waals surface area contributed by atoms with Crippen LogP contribution in [0, 0.1) is 17.6 Å². The zero-order valence-electron chi connectivity index (χ0n) is 15.5. The maximum absolute atomic E-state index is 13.6. The summed E-state index contributed by atoms with van der Waals surface area (Å²) in [4.78, 5) is 31.9. The van der Waals surface area contributed by atoms with Gasteiger partial charge in [0.1, 0.15) is 6.04 Å². The molecule has 0 saturated heterocycles. The Kier molecular flexibility index (Phi) is 4.95. The number of aliphatic hydroxyl groups excluding tert-OH is 1. The molecule has 1 unspecified atom stereocenters. The second-order valence-corrected chi connectivity index (χ2v) is 9.10. The van der Waals surface area contributed by atoms with Crippen molar-refractivity contribution in [2.45, 2.75) is 26.3 Å². The number of hydrogen-bond acceptors (Lipinski definition) is 6. The molecule has 1 aliphatic heterocycles. The summed E-state index contributed by atoms with van der Waals surface area (Å²) in [5, 5.41) is 12.5. The summed E-state index contributed by atoms with van der Waals surface area (Å²) in [6, 6.07) is 4.70. The van der Waals surface area contributed by atoms with Crippen molar-refractivity contribution in [1.29, 1.82) is 0 Å². The van der Waals surface area contributed by atoms with E-state index in [0.29, 0.717) is 9.58 Å². The van der Waals surface area contributed by atoms with Crippen LogP contribution in [-0.4, -0.2) is 21.8 Å². The number of anilines is 1. The van der Waals surface area contributed by atoms with E-state index < -0.39 is 29.3 Å². The summed E-state index contributed by atoms with van der Waals surface area (Å²) >= 11 is 2.33. The normalized spacial score (nSPS) is 17.2. The van der Waals surface area contributed by atoms with Gasteiger partial charge in [-0.05, 0) is 23.4 Å². The molecule has 1 aromatic carbocycles. The molecule has 5 nitrogen and oxygen atoms in total. The van der Waals surface area contributed by atoms with Gasteiger partial charge in [-0.1, -0.05) is 31.3 Å². The lowest BCUT2D eigenvalue weighted by molar-refractivity contribution is -0.118. The van der Waals surface area contributed by atoms with E-state index in [9.17, 15) is 23.5 Å². The number of Topliss-reactive ketones (excluding diaryl/α,β-unsaturated/α-hetero) is 1. The third-order valence-corrected chi connectivity index (χ3v) is 6.48. The van der Waals surface area contributed by atoms with E-state index in [4.69, 9.17) is 0 Å². The van der Waals surface area contributed by atoms with Crippen molar-refractivity contribution in [3.05, 3.63) is 57.5 Å². The highest BCUT2D eigenvalue weighted by molar-refractivity contribution is 7.22. The summed E-state index contributed by atoms with van der Waals surface area (Å²) in [5.41, 5.74) is 0.228. The average Bonchev–Trinajstić information content (AvgIpc) is 3.34. The van der Waals surface area contributed by atoms with E-state index in [0.717, 1.165) is 23.5 Å². The number of hydrogen-bond donors (Lipinski definition) is 1. The number of halogens is 2. The summed E-state index contributed by atoms with van der Waals surface area (Å²) in [5.74, 6) is -3.68. The third kappa shape index (κ3) is 3.34. The monoisotopic (exact) mass is 434 g/mol. The SMILES string of the molecule is CC(C)CC(=O)C1=C(O)C(=O)N(c2nc3cc(F)c(F)cc3s2)C1c1cccs1. The highest BCUT2D eigenvalue weighted by Crippen LogP contribution is 2.45. The number of ketones is 1. The van der Waals surface area contributed by atoms with Crippen molar-refractivity contribution in [3.63, 3.8) is 0 Å². The summed E-state index contributed by atoms with van der Waals surface area (Å²) in [6.45, 7) is 3.75. The first-order valence-corrected chi connectivity index (χ1v) is 10.6. The minimum Gasteiger partial charge on any atom is -0.503 e. The molecular formula is C20H16F2N2O3S2. The number of thiazole rings is 1. The van der Waals surface area contributed by atoms with Crippen LogP contribution in [-0.2, 0) is 9.59 Å². The van der Waals surface area contributed by atoms with Crippen LogP contribution in [0.15, 0.2) is 41.0 Å². The van der Waals surface area contributed by atoms with Crippen LogP contribution in [0.25, 0.3) is 10.2 Å². The zero-order chi connectivity index (χ0) is 20.9. The minimum absolute atomic E-state index is 0.0303. The highest BCUT2D eigenvalue weighted by Gasteiger charge is 2.46. The highest BCUT2D eigenvalue weighted by atomic mass is 32.1.